The van der Waals surface area contributed by atoms with Crippen LogP contribution in [-0.4, -0.2) is 10.7 Å². The van der Waals surface area contributed by atoms with E-state index in [9.17, 15) is 0 Å². The standard InChI is InChI=1S/C14H14N4/c15-11-5-6-16-12(7-11)8-14-13-4-2-1-3-10(13)9-17-18-14/h1-7,17H,8-9H2,(H2,15,16). The third kappa shape index (κ3) is 2.05. The molecule has 3 N–H and O–H groups in total. The van der Waals surface area contributed by atoms with E-state index in [-0.39, 0.29) is 0 Å². The number of nitrogens with one attached hydrogen (secondary N) is 1. The molecule has 0 saturated carbocycles. The van der Waals surface area contributed by atoms with Gasteiger partial charge in [0, 0.05) is 29.6 Å². The van der Waals surface area contributed by atoms with Gasteiger partial charge in [-0.2, -0.15) is 5.10 Å². The van der Waals surface area contributed by atoms with Crippen LogP contribution in [0.4, 0.5) is 5.69 Å². The van der Waals surface area contributed by atoms with Gasteiger partial charge in [0.25, 0.3) is 0 Å². The molecule has 0 atom stereocenters. The van der Waals surface area contributed by atoms with E-state index < -0.39 is 0 Å². The Morgan fingerprint density at radius 1 is 1.22 bits per heavy atom. The zero-order valence-electron chi connectivity index (χ0n) is 9.93. The number of aromatic nitrogens is 1. The van der Waals surface area contributed by atoms with Crippen molar-refractivity contribution in [3.8, 4) is 0 Å². The Balaban J connectivity index is 1.92. The van der Waals surface area contributed by atoms with Crippen molar-refractivity contribution in [2.24, 2.45) is 5.10 Å². The van der Waals surface area contributed by atoms with Crippen LogP contribution in [0, 0.1) is 0 Å². The first kappa shape index (κ1) is 10.8. The van der Waals surface area contributed by atoms with Crippen LogP contribution < -0.4 is 11.2 Å². The summed E-state index contributed by atoms with van der Waals surface area (Å²) in [4.78, 5) is 4.32. The first-order valence-electron chi connectivity index (χ1n) is 5.91. The minimum atomic E-state index is 0.690. The summed E-state index contributed by atoms with van der Waals surface area (Å²) in [6.45, 7) is 0.782. The predicted molar refractivity (Wildman–Crippen MR) is 72.2 cm³/mol. The van der Waals surface area contributed by atoms with Crippen LogP contribution in [-0.2, 0) is 13.0 Å². The fraction of sp³-hybridized carbons (Fsp3) is 0.143. The van der Waals surface area contributed by atoms with E-state index >= 15 is 0 Å². The van der Waals surface area contributed by atoms with Crippen molar-refractivity contribution in [1.29, 1.82) is 0 Å². The Hall–Kier alpha value is -2.36. The van der Waals surface area contributed by atoms with Gasteiger partial charge in [-0.1, -0.05) is 24.3 Å². The molecule has 2 heterocycles. The predicted octanol–water partition coefficient (Wildman–Crippen LogP) is 1.71. The maximum absolute atomic E-state index is 5.76. The average molecular weight is 238 g/mol. The number of anilines is 1. The number of fused-ring (bicyclic) bond motifs is 1. The van der Waals surface area contributed by atoms with Gasteiger partial charge in [-0.05, 0) is 17.7 Å². The Bertz CT molecular complexity index is 604. The van der Waals surface area contributed by atoms with Crippen LogP contribution in [0.5, 0.6) is 0 Å². The van der Waals surface area contributed by atoms with Crippen molar-refractivity contribution < 1.29 is 0 Å². The van der Waals surface area contributed by atoms with Gasteiger partial charge in [-0.15, -0.1) is 0 Å². The van der Waals surface area contributed by atoms with Gasteiger partial charge >= 0.3 is 0 Å². The van der Waals surface area contributed by atoms with Gasteiger partial charge in [-0.25, -0.2) is 0 Å². The molecule has 0 fully saturated rings. The lowest BCUT2D eigenvalue weighted by Crippen LogP contribution is -2.22. The van der Waals surface area contributed by atoms with Crippen LogP contribution in [0.3, 0.4) is 0 Å². The molecule has 18 heavy (non-hydrogen) atoms. The van der Waals surface area contributed by atoms with Crippen molar-refractivity contribution in [1.82, 2.24) is 10.4 Å². The number of rotatable bonds is 2. The number of nitrogens with zero attached hydrogens (tertiary/aromatic N) is 2. The average Bonchev–Trinajstić information content (AvgIpc) is 2.39. The number of hydrazone groups is 1. The summed E-state index contributed by atoms with van der Waals surface area (Å²) in [5.41, 5.74) is 14.0. The smallest absolute Gasteiger partial charge is 0.0738 e. The first-order valence-corrected chi connectivity index (χ1v) is 5.91. The molecule has 2 aromatic rings. The second-order valence-electron chi connectivity index (χ2n) is 4.31. The normalized spacial score (nSPS) is 13.4. The molecule has 1 aromatic heterocycles. The van der Waals surface area contributed by atoms with E-state index in [1.165, 1.54) is 11.1 Å². The molecule has 1 aliphatic rings. The van der Waals surface area contributed by atoms with E-state index in [0.717, 1.165) is 23.6 Å². The fourth-order valence-corrected chi connectivity index (χ4v) is 2.14. The van der Waals surface area contributed by atoms with Crippen LogP contribution >= 0.6 is 0 Å². The molecule has 0 spiro atoms. The number of hydrogen-bond donors (Lipinski definition) is 2. The molecule has 0 radical (unpaired) electrons. The van der Waals surface area contributed by atoms with E-state index in [1.807, 2.05) is 18.2 Å². The second-order valence-corrected chi connectivity index (χ2v) is 4.31. The van der Waals surface area contributed by atoms with Crippen molar-refractivity contribution in [2.75, 3.05) is 5.73 Å². The van der Waals surface area contributed by atoms with Crippen LogP contribution in [0.25, 0.3) is 0 Å². The lowest BCUT2D eigenvalue weighted by molar-refractivity contribution is 0.725. The third-order valence-corrected chi connectivity index (χ3v) is 3.00. The Labute approximate surface area is 106 Å². The number of pyridine rings is 1. The molecule has 4 heteroatoms. The summed E-state index contributed by atoms with van der Waals surface area (Å²) in [6, 6.07) is 12.0. The highest BCUT2D eigenvalue weighted by Gasteiger charge is 2.14. The van der Waals surface area contributed by atoms with Crippen molar-refractivity contribution in [3.05, 3.63) is 59.4 Å². The van der Waals surface area contributed by atoms with Gasteiger partial charge in [-0.3, -0.25) is 4.98 Å². The third-order valence-electron chi connectivity index (χ3n) is 3.00. The number of benzene rings is 1. The molecule has 0 saturated heterocycles. The maximum atomic E-state index is 5.76. The zero-order valence-corrected chi connectivity index (χ0v) is 9.93. The lowest BCUT2D eigenvalue weighted by atomic mass is 9.98. The number of nitrogen functional groups attached to an aromatic ring is 1. The quantitative estimate of drug-likeness (QED) is 0.837. The molecule has 4 nitrogen and oxygen atoms in total. The summed E-state index contributed by atoms with van der Waals surface area (Å²) >= 11 is 0. The fourth-order valence-electron chi connectivity index (χ4n) is 2.14. The highest BCUT2D eigenvalue weighted by Crippen LogP contribution is 2.16. The lowest BCUT2D eigenvalue weighted by Gasteiger charge is -2.17. The molecule has 1 aromatic carbocycles. The van der Waals surface area contributed by atoms with E-state index in [4.69, 9.17) is 5.73 Å². The second kappa shape index (κ2) is 4.49. The van der Waals surface area contributed by atoms with Gasteiger partial charge in [0.2, 0.25) is 0 Å². The summed E-state index contributed by atoms with van der Waals surface area (Å²) in [5, 5.41) is 4.38. The van der Waals surface area contributed by atoms with Crippen LogP contribution in [0.2, 0.25) is 0 Å². The van der Waals surface area contributed by atoms with Gasteiger partial charge < -0.3 is 11.2 Å². The number of nitrogens with two attached hydrogens (primary N) is 1. The van der Waals surface area contributed by atoms with Gasteiger partial charge in [0.05, 0.1) is 12.3 Å². The largest absolute Gasteiger partial charge is 0.399 e. The first-order chi connectivity index (χ1) is 8.83. The topological polar surface area (TPSA) is 63.3 Å². The molecular weight excluding hydrogens is 224 g/mol. The van der Waals surface area contributed by atoms with Crippen molar-refractivity contribution >= 4 is 11.4 Å². The van der Waals surface area contributed by atoms with E-state index in [1.54, 1.807) is 12.3 Å². The maximum Gasteiger partial charge on any atom is 0.0738 e. The Morgan fingerprint density at radius 2 is 2.11 bits per heavy atom. The van der Waals surface area contributed by atoms with E-state index in [2.05, 4.69) is 27.6 Å². The SMILES string of the molecule is Nc1ccnc(CC2=NNCc3ccccc32)c1. The highest BCUT2D eigenvalue weighted by atomic mass is 15.3. The van der Waals surface area contributed by atoms with Gasteiger partial charge in [0.1, 0.15) is 0 Å². The molecule has 0 aliphatic carbocycles. The summed E-state index contributed by atoms with van der Waals surface area (Å²) < 4.78 is 0. The molecule has 0 bridgehead atoms. The molecule has 0 unspecified atom stereocenters. The van der Waals surface area contributed by atoms with E-state index in [0.29, 0.717) is 6.42 Å². The van der Waals surface area contributed by atoms with Gasteiger partial charge in [0.15, 0.2) is 0 Å². The highest BCUT2D eigenvalue weighted by molar-refractivity contribution is 6.03. The minimum absolute atomic E-state index is 0.690. The summed E-state index contributed by atoms with van der Waals surface area (Å²) in [7, 11) is 0. The molecule has 90 valence electrons. The summed E-state index contributed by atoms with van der Waals surface area (Å²) in [6.07, 6.45) is 2.42. The Kier molecular flexibility index (Phi) is 2.68. The van der Waals surface area contributed by atoms with Crippen LogP contribution in [0.15, 0.2) is 47.7 Å². The molecule has 0 amide bonds. The number of hydrogen-bond acceptors (Lipinski definition) is 4. The molecule has 3 rings (SSSR count). The van der Waals surface area contributed by atoms with Crippen molar-refractivity contribution in [2.45, 2.75) is 13.0 Å². The molecule has 1 aliphatic heterocycles. The Morgan fingerprint density at radius 3 is 3.00 bits per heavy atom. The minimum Gasteiger partial charge on any atom is -0.399 e. The summed E-state index contributed by atoms with van der Waals surface area (Å²) in [5.74, 6) is 0. The molecular formula is C14H14N4. The zero-order chi connectivity index (χ0) is 12.4. The van der Waals surface area contributed by atoms with Crippen LogP contribution in [0.1, 0.15) is 16.8 Å². The monoisotopic (exact) mass is 238 g/mol. The van der Waals surface area contributed by atoms with Crippen molar-refractivity contribution in [3.63, 3.8) is 0 Å².